The molecule has 0 spiro atoms. The molecule has 2 unspecified atom stereocenters. The quantitative estimate of drug-likeness (QED) is 0.248. The predicted molar refractivity (Wildman–Crippen MR) is 141 cm³/mol. The van der Waals surface area contributed by atoms with E-state index in [0.29, 0.717) is 5.56 Å². The number of carbonyl (C=O) groups is 4. The fraction of sp³-hybridized carbons (Fsp3) is 0.643. The molecule has 10 nitrogen and oxygen atoms in total. The zero-order chi connectivity index (χ0) is 29.2. The molecule has 1 aromatic carbocycles. The van der Waals surface area contributed by atoms with Gasteiger partial charge in [0.05, 0.1) is 0 Å². The highest BCUT2D eigenvalue weighted by Crippen LogP contribution is 2.32. The summed E-state index contributed by atoms with van der Waals surface area (Å²) in [6.45, 7) is 14.5. The van der Waals surface area contributed by atoms with Crippen LogP contribution in [0.15, 0.2) is 18.2 Å². The Labute approximate surface area is 225 Å². The average Bonchev–Trinajstić information content (AvgIpc) is 2.73. The van der Waals surface area contributed by atoms with Crippen molar-refractivity contribution in [2.24, 2.45) is 23.5 Å². The lowest BCUT2D eigenvalue weighted by Crippen LogP contribution is -2.52. The molecule has 0 radical (unpaired) electrons. The summed E-state index contributed by atoms with van der Waals surface area (Å²) in [6, 6.07) is 4.43. The van der Waals surface area contributed by atoms with Crippen LogP contribution in [0.4, 0.5) is 4.79 Å². The van der Waals surface area contributed by atoms with Gasteiger partial charge in [-0.3, -0.25) is 14.4 Å². The molecule has 10 heteroatoms. The summed E-state index contributed by atoms with van der Waals surface area (Å²) in [5.74, 6) is -2.08. The van der Waals surface area contributed by atoms with Crippen LogP contribution in [0.1, 0.15) is 80.2 Å². The van der Waals surface area contributed by atoms with Gasteiger partial charge in [0.25, 0.3) is 0 Å². The lowest BCUT2D eigenvalue weighted by Gasteiger charge is -2.28. The molecule has 3 N–H and O–H groups in total. The molecular formula is C28H43NO9. The van der Waals surface area contributed by atoms with Gasteiger partial charge in [-0.25, -0.2) is 4.79 Å². The number of carboxylic acid groups (broad SMARTS) is 1. The molecule has 0 aliphatic carbocycles. The minimum absolute atomic E-state index is 0.00598. The van der Waals surface area contributed by atoms with Crippen LogP contribution in [0.2, 0.25) is 0 Å². The van der Waals surface area contributed by atoms with Crippen molar-refractivity contribution in [3.63, 3.8) is 0 Å². The second kappa shape index (κ2) is 14.7. The van der Waals surface area contributed by atoms with E-state index in [1.165, 1.54) is 19.1 Å². The zero-order valence-corrected chi connectivity index (χ0v) is 23.7. The number of aliphatic carboxylic acids is 1. The fourth-order valence-corrected chi connectivity index (χ4v) is 3.46. The van der Waals surface area contributed by atoms with E-state index < -0.39 is 35.7 Å². The highest BCUT2D eigenvalue weighted by atomic mass is 16.7. The molecule has 214 valence electrons. The summed E-state index contributed by atoms with van der Waals surface area (Å²) in [7, 11) is 0. The van der Waals surface area contributed by atoms with Crippen LogP contribution in [-0.2, 0) is 30.3 Å². The number of carboxylic acids is 1. The number of carbonyl (C=O) groups excluding carboxylic acids is 3. The summed E-state index contributed by atoms with van der Waals surface area (Å²) in [6.07, 6.45) is -2.21. The van der Waals surface area contributed by atoms with Crippen molar-refractivity contribution in [2.45, 2.75) is 98.8 Å². The van der Waals surface area contributed by atoms with E-state index in [1.54, 1.807) is 13.0 Å². The number of nitrogens with two attached hydrogens (primary N) is 1. The molecule has 1 aromatic rings. The third kappa shape index (κ3) is 11.5. The van der Waals surface area contributed by atoms with Crippen LogP contribution in [0.3, 0.4) is 0 Å². The maximum atomic E-state index is 12.4. The molecule has 38 heavy (non-hydrogen) atoms. The Kier molecular flexibility index (Phi) is 12.7. The van der Waals surface area contributed by atoms with Crippen molar-refractivity contribution in [1.82, 2.24) is 0 Å². The molecule has 1 rings (SSSR count). The van der Waals surface area contributed by atoms with E-state index in [0.717, 1.165) is 0 Å². The highest BCUT2D eigenvalue weighted by molar-refractivity contribution is 5.79. The Balaban J connectivity index is 3.14. The summed E-state index contributed by atoms with van der Waals surface area (Å²) < 4.78 is 21.3. The summed E-state index contributed by atoms with van der Waals surface area (Å²) in [5, 5.41) is 9.91. The Hall–Kier alpha value is -3.14. The van der Waals surface area contributed by atoms with Crippen LogP contribution < -0.4 is 15.2 Å². The van der Waals surface area contributed by atoms with Crippen LogP contribution >= 0.6 is 0 Å². The third-order valence-electron chi connectivity index (χ3n) is 5.72. The van der Waals surface area contributed by atoms with E-state index in [1.807, 2.05) is 41.5 Å². The zero-order valence-electron chi connectivity index (χ0n) is 23.7. The number of rotatable bonds is 14. The molecule has 0 aliphatic rings. The molecule has 0 fully saturated rings. The van der Waals surface area contributed by atoms with E-state index >= 15 is 0 Å². The van der Waals surface area contributed by atoms with Crippen molar-refractivity contribution in [3.8, 4) is 11.5 Å². The van der Waals surface area contributed by atoms with Gasteiger partial charge in [0.15, 0.2) is 11.5 Å². The molecule has 0 aromatic heterocycles. The second-order valence-corrected chi connectivity index (χ2v) is 11.0. The molecule has 0 saturated carbocycles. The van der Waals surface area contributed by atoms with Crippen molar-refractivity contribution in [2.75, 3.05) is 0 Å². The van der Waals surface area contributed by atoms with Crippen molar-refractivity contribution in [1.29, 1.82) is 0 Å². The van der Waals surface area contributed by atoms with Gasteiger partial charge < -0.3 is 29.8 Å². The maximum absolute atomic E-state index is 12.4. The highest BCUT2D eigenvalue weighted by Gasteiger charge is 2.37. The first kappa shape index (κ1) is 32.9. The minimum Gasteiger partial charge on any atom is -0.480 e. The van der Waals surface area contributed by atoms with Crippen molar-refractivity contribution >= 4 is 24.1 Å². The standard InChI is InChI=1S/C28H43NO9/c1-16(2)11-24(30)37-22-10-9-21(13-23(22)38-25(31)12-17(3)4)15-28(29,26(32)33)14-19(7)35-27(34)36-20(8)18(5)6/h9-10,13,16-20H,11-12,14-15,29H2,1-8H3,(H,32,33)/t19-,20?,28?/m0/s1. The number of hydrogen-bond donors (Lipinski definition) is 2. The first-order valence-corrected chi connectivity index (χ1v) is 13.0. The predicted octanol–water partition coefficient (Wildman–Crippen LogP) is 4.89. The lowest BCUT2D eigenvalue weighted by atomic mass is 9.86. The largest absolute Gasteiger partial charge is 0.508 e. The first-order chi connectivity index (χ1) is 17.5. The van der Waals surface area contributed by atoms with Gasteiger partial charge in [0.1, 0.15) is 17.7 Å². The second-order valence-electron chi connectivity index (χ2n) is 11.0. The molecule has 0 saturated heterocycles. The number of benzene rings is 1. The van der Waals surface area contributed by atoms with E-state index in [-0.39, 0.29) is 61.0 Å². The third-order valence-corrected chi connectivity index (χ3v) is 5.72. The minimum atomic E-state index is -1.82. The number of esters is 2. The van der Waals surface area contributed by atoms with Crippen LogP contribution in [0.5, 0.6) is 11.5 Å². The van der Waals surface area contributed by atoms with Crippen LogP contribution in [0, 0.1) is 17.8 Å². The lowest BCUT2D eigenvalue weighted by molar-refractivity contribution is -0.145. The molecule has 0 bridgehead atoms. The summed E-state index contributed by atoms with van der Waals surface area (Å²) >= 11 is 0. The topological polar surface area (TPSA) is 151 Å². The van der Waals surface area contributed by atoms with E-state index in [2.05, 4.69) is 0 Å². The van der Waals surface area contributed by atoms with Gasteiger partial charge in [-0.15, -0.1) is 0 Å². The van der Waals surface area contributed by atoms with E-state index in [9.17, 15) is 24.3 Å². The fourth-order valence-electron chi connectivity index (χ4n) is 3.46. The molecule has 0 heterocycles. The monoisotopic (exact) mass is 537 g/mol. The van der Waals surface area contributed by atoms with Gasteiger partial charge in [0, 0.05) is 25.7 Å². The van der Waals surface area contributed by atoms with Crippen molar-refractivity contribution < 1.29 is 43.2 Å². The van der Waals surface area contributed by atoms with Gasteiger partial charge in [-0.05, 0) is 49.3 Å². The van der Waals surface area contributed by atoms with Crippen LogP contribution in [0.25, 0.3) is 0 Å². The van der Waals surface area contributed by atoms with Gasteiger partial charge in [-0.2, -0.15) is 0 Å². The van der Waals surface area contributed by atoms with Crippen LogP contribution in [-0.4, -0.2) is 46.9 Å². The average molecular weight is 538 g/mol. The smallest absolute Gasteiger partial charge is 0.480 e. The Bertz CT molecular complexity index is 973. The number of hydrogen-bond acceptors (Lipinski definition) is 9. The maximum Gasteiger partial charge on any atom is 0.508 e. The molecule has 0 amide bonds. The van der Waals surface area contributed by atoms with E-state index in [4.69, 9.17) is 24.7 Å². The Morgan fingerprint density at radius 2 is 1.37 bits per heavy atom. The molecule has 0 aliphatic heterocycles. The molecular weight excluding hydrogens is 494 g/mol. The first-order valence-electron chi connectivity index (χ1n) is 13.0. The summed E-state index contributed by atoms with van der Waals surface area (Å²) in [4.78, 5) is 48.8. The Morgan fingerprint density at radius 3 is 1.84 bits per heavy atom. The Morgan fingerprint density at radius 1 is 0.842 bits per heavy atom. The van der Waals surface area contributed by atoms with Gasteiger partial charge in [-0.1, -0.05) is 47.6 Å². The van der Waals surface area contributed by atoms with Crippen molar-refractivity contribution in [3.05, 3.63) is 23.8 Å². The van der Waals surface area contributed by atoms with Gasteiger partial charge >= 0.3 is 24.1 Å². The SMILES string of the molecule is CC(C)CC(=O)Oc1ccc(CC(N)(C[C@H](C)OC(=O)OC(C)C(C)C)C(=O)O)cc1OC(=O)CC(C)C. The molecule has 3 atom stereocenters. The van der Waals surface area contributed by atoms with Gasteiger partial charge in [0.2, 0.25) is 0 Å². The number of ether oxygens (including phenoxy) is 4. The summed E-state index contributed by atoms with van der Waals surface area (Å²) in [5.41, 5.74) is 4.87. The normalized spacial score (nSPS) is 14.5.